The summed E-state index contributed by atoms with van der Waals surface area (Å²) in [7, 11) is 1.63. The zero-order valence-electron chi connectivity index (χ0n) is 11.9. The molecule has 0 aliphatic carbocycles. The molecule has 0 N–H and O–H groups in total. The second kappa shape index (κ2) is 8.56. The monoisotopic (exact) mass is 306 g/mol. The molecule has 0 amide bonds. The van der Waals surface area contributed by atoms with Crippen LogP contribution in [0.1, 0.15) is 10.4 Å². The van der Waals surface area contributed by atoms with Crippen LogP contribution in [0.25, 0.3) is 10.4 Å². The second-order valence-corrected chi connectivity index (χ2v) is 5.25. The highest BCUT2D eigenvalue weighted by Gasteiger charge is 2.06. The van der Waals surface area contributed by atoms with Crippen molar-refractivity contribution >= 4 is 17.6 Å². The summed E-state index contributed by atoms with van der Waals surface area (Å²) >= 11 is 1.64. The first-order valence-corrected chi connectivity index (χ1v) is 7.55. The van der Waals surface area contributed by atoms with Gasteiger partial charge in [0.25, 0.3) is 0 Å². The van der Waals surface area contributed by atoms with Gasteiger partial charge in [0.05, 0.1) is 25.4 Å². The third-order valence-electron chi connectivity index (χ3n) is 2.86. The molecule has 0 unspecified atom stereocenters. The summed E-state index contributed by atoms with van der Waals surface area (Å²) in [4.78, 5) is 12.3. The van der Waals surface area contributed by atoms with Crippen LogP contribution >= 0.6 is 11.3 Å². The Labute approximate surface area is 128 Å². The number of carbonyl (C=O) groups excluding carboxylic acids is 1. The zero-order valence-corrected chi connectivity index (χ0v) is 12.7. The number of carbonyl (C=O) groups is 1. The molecule has 1 aromatic carbocycles. The molecule has 0 radical (unpaired) electrons. The van der Waals surface area contributed by atoms with Crippen LogP contribution in [0, 0.1) is 0 Å². The molecule has 4 nitrogen and oxygen atoms in total. The molecule has 0 bridgehead atoms. The van der Waals surface area contributed by atoms with E-state index in [1.165, 1.54) is 0 Å². The Bertz CT molecular complexity index is 551. The third kappa shape index (κ3) is 4.67. The topological polar surface area (TPSA) is 44.8 Å². The van der Waals surface area contributed by atoms with Crippen LogP contribution in [0.15, 0.2) is 35.7 Å². The van der Waals surface area contributed by atoms with Crippen molar-refractivity contribution in [1.29, 1.82) is 0 Å². The molecule has 1 heterocycles. The number of aldehydes is 1. The Hall–Kier alpha value is -1.69. The molecule has 112 valence electrons. The van der Waals surface area contributed by atoms with Gasteiger partial charge in [-0.2, -0.15) is 0 Å². The van der Waals surface area contributed by atoms with Crippen LogP contribution in [0.3, 0.4) is 0 Å². The highest BCUT2D eigenvalue weighted by Crippen LogP contribution is 2.28. The summed E-state index contributed by atoms with van der Waals surface area (Å²) in [5.74, 6) is 0.584. The van der Waals surface area contributed by atoms with E-state index >= 15 is 0 Å². The summed E-state index contributed by atoms with van der Waals surface area (Å²) in [6, 6.07) is 9.65. The standard InChI is InChI=1S/C16H18O4S/c1-18-6-7-19-8-9-20-15-5-4-13(11-14(15)12-17)16-3-2-10-21-16/h2-5,10-12H,6-9H2,1H3. The molecule has 0 atom stereocenters. The summed E-state index contributed by atoms with van der Waals surface area (Å²) < 4.78 is 15.8. The minimum absolute atomic E-state index is 0.406. The normalized spacial score (nSPS) is 10.5. The van der Waals surface area contributed by atoms with E-state index in [2.05, 4.69) is 0 Å². The Morgan fingerprint density at radius 1 is 1.14 bits per heavy atom. The van der Waals surface area contributed by atoms with Gasteiger partial charge >= 0.3 is 0 Å². The van der Waals surface area contributed by atoms with E-state index in [1.807, 2.05) is 35.7 Å². The molecular formula is C16H18O4S. The summed E-state index contributed by atoms with van der Waals surface area (Å²) in [5.41, 5.74) is 1.58. The first kappa shape index (κ1) is 15.7. The van der Waals surface area contributed by atoms with Gasteiger partial charge < -0.3 is 14.2 Å². The van der Waals surface area contributed by atoms with E-state index in [9.17, 15) is 4.79 Å². The van der Waals surface area contributed by atoms with Crippen molar-refractivity contribution in [3.05, 3.63) is 41.3 Å². The summed E-state index contributed by atoms with van der Waals surface area (Å²) in [5, 5.41) is 2.01. The number of hydrogen-bond acceptors (Lipinski definition) is 5. The highest BCUT2D eigenvalue weighted by atomic mass is 32.1. The number of methoxy groups -OCH3 is 1. The highest BCUT2D eigenvalue weighted by molar-refractivity contribution is 7.13. The lowest BCUT2D eigenvalue weighted by atomic mass is 10.1. The van der Waals surface area contributed by atoms with Gasteiger partial charge in [-0.25, -0.2) is 0 Å². The summed E-state index contributed by atoms with van der Waals surface area (Å²) in [6.45, 7) is 1.98. The van der Waals surface area contributed by atoms with Crippen molar-refractivity contribution in [3.8, 4) is 16.2 Å². The van der Waals surface area contributed by atoms with E-state index in [0.717, 1.165) is 16.7 Å². The fourth-order valence-corrected chi connectivity index (χ4v) is 2.55. The number of thiophene rings is 1. The zero-order chi connectivity index (χ0) is 14.9. The average Bonchev–Trinajstić information content (AvgIpc) is 3.05. The van der Waals surface area contributed by atoms with Crippen molar-refractivity contribution in [2.45, 2.75) is 0 Å². The van der Waals surface area contributed by atoms with Crippen LogP contribution in [-0.2, 0) is 9.47 Å². The largest absolute Gasteiger partial charge is 0.490 e. The van der Waals surface area contributed by atoms with Crippen molar-refractivity contribution in [1.82, 2.24) is 0 Å². The SMILES string of the molecule is COCCOCCOc1ccc(-c2cccs2)cc1C=O. The summed E-state index contributed by atoms with van der Waals surface area (Å²) in [6.07, 6.45) is 0.818. The van der Waals surface area contributed by atoms with Gasteiger partial charge in [-0.3, -0.25) is 4.79 Å². The minimum atomic E-state index is 0.406. The lowest BCUT2D eigenvalue weighted by Crippen LogP contribution is -2.10. The molecule has 2 aromatic rings. The average molecular weight is 306 g/mol. The van der Waals surface area contributed by atoms with E-state index in [-0.39, 0.29) is 0 Å². The minimum Gasteiger partial charge on any atom is -0.490 e. The predicted molar refractivity (Wildman–Crippen MR) is 83.3 cm³/mol. The smallest absolute Gasteiger partial charge is 0.153 e. The van der Waals surface area contributed by atoms with E-state index in [1.54, 1.807) is 18.4 Å². The van der Waals surface area contributed by atoms with E-state index < -0.39 is 0 Å². The van der Waals surface area contributed by atoms with E-state index in [0.29, 0.717) is 37.7 Å². The third-order valence-corrected chi connectivity index (χ3v) is 3.78. The van der Waals surface area contributed by atoms with Gasteiger partial charge in [-0.15, -0.1) is 11.3 Å². The molecule has 0 spiro atoms. The maximum atomic E-state index is 11.2. The maximum absolute atomic E-state index is 11.2. The number of ether oxygens (including phenoxy) is 3. The van der Waals surface area contributed by atoms with Crippen molar-refractivity contribution in [2.24, 2.45) is 0 Å². The Morgan fingerprint density at radius 2 is 2.00 bits per heavy atom. The predicted octanol–water partition coefficient (Wildman–Crippen LogP) is 3.27. The van der Waals surface area contributed by atoms with Crippen molar-refractivity contribution in [2.75, 3.05) is 33.5 Å². The molecule has 21 heavy (non-hydrogen) atoms. The van der Waals surface area contributed by atoms with Crippen LogP contribution in [-0.4, -0.2) is 39.8 Å². The lowest BCUT2D eigenvalue weighted by molar-refractivity contribution is 0.0543. The number of rotatable bonds is 9. The first-order valence-electron chi connectivity index (χ1n) is 6.67. The van der Waals surface area contributed by atoms with Crippen LogP contribution in [0.5, 0.6) is 5.75 Å². The quantitative estimate of drug-likeness (QED) is 0.527. The molecule has 2 rings (SSSR count). The van der Waals surface area contributed by atoms with Crippen LogP contribution in [0.2, 0.25) is 0 Å². The molecule has 1 aromatic heterocycles. The lowest BCUT2D eigenvalue weighted by Gasteiger charge is -2.10. The Balaban J connectivity index is 1.92. The maximum Gasteiger partial charge on any atom is 0.153 e. The second-order valence-electron chi connectivity index (χ2n) is 4.30. The molecule has 0 fully saturated rings. The molecular weight excluding hydrogens is 288 g/mol. The van der Waals surface area contributed by atoms with Crippen molar-refractivity contribution in [3.63, 3.8) is 0 Å². The van der Waals surface area contributed by atoms with Gasteiger partial charge in [0.15, 0.2) is 6.29 Å². The fraction of sp³-hybridized carbons (Fsp3) is 0.312. The molecule has 0 saturated carbocycles. The van der Waals surface area contributed by atoms with Crippen LogP contribution < -0.4 is 4.74 Å². The van der Waals surface area contributed by atoms with Gasteiger partial charge in [0, 0.05) is 12.0 Å². The Kier molecular flexibility index (Phi) is 6.40. The molecule has 0 aliphatic heterocycles. The first-order chi connectivity index (χ1) is 10.3. The van der Waals surface area contributed by atoms with E-state index in [4.69, 9.17) is 14.2 Å². The molecule has 5 heteroatoms. The van der Waals surface area contributed by atoms with Gasteiger partial charge in [0.1, 0.15) is 12.4 Å². The van der Waals surface area contributed by atoms with Gasteiger partial charge in [-0.05, 0) is 35.2 Å². The number of hydrogen-bond donors (Lipinski definition) is 0. The van der Waals surface area contributed by atoms with Crippen LogP contribution in [0.4, 0.5) is 0 Å². The van der Waals surface area contributed by atoms with Crippen molar-refractivity contribution < 1.29 is 19.0 Å². The van der Waals surface area contributed by atoms with Gasteiger partial charge in [-0.1, -0.05) is 6.07 Å². The molecule has 0 aliphatic rings. The number of benzene rings is 1. The fourth-order valence-electron chi connectivity index (χ4n) is 1.82. The molecule has 0 saturated heterocycles. The Morgan fingerprint density at radius 3 is 2.71 bits per heavy atom. The van der Waals surface area contributed by atoms with Gasteiger partial charge in [0.2, 0.25) is 0 Å².